The molecule has 32 heavy (non-hydrogen) atoms. The monoisotopic (exact) mass is 486 g/mol. The molecule has 0 saturated carbocycles. The van der Waals surface area contributed by atoms with E-state index in [1.54, 1.807) is 6.92 Å². The number of benzene rings is 2. The predicted octanol–water partition coefficient (Wildman–Crippen LogP) is 3.24. The lowest BCUT2D eigenvalue weighted by Crippen LogP contribution is -2.24. The van der Waals surface area contributed by atoms with E-state index in [2.05, 4.69) is 9.97 Å². The maximum absolute atomic E-state index is 14.8. The molecule has 0 aliphatic rings. The number of aromatic nitrogens is 2. The molecule has 0 amide bonds. The fourth-order valence-electron chi connectivity index (χ4n) is 3.23. The van der Waals surface area contributed by atoms with Gasteiger partial charge in [-0.15, -0.1) is 11.8 Å². The van der Waals surface area contributed by atoms with E-state index < -0.39 is 29.0 Å². The number of methoxy groups -OCH3 is 1. The van der Waals surface area contributed by atoms with Gasteiger partial charge in [-0.1, -0.05) is 11.6 Å². The van der Waals surface area contributed by atoms with Crippen molar-refractivity contribution in [1.29, 1.82) is 0 Å². The van der Waals surface area contributed by atoms with Crippen LogP contribution in [0.25, 0.3) is 22.0 Å². The van der Waals surface area contributed by atoms with Gasteiger partial charge in [-0.05, 0) is 24.6 Å². The number of aromatic amines is 2. The van der Waals surface area contributed by atoms with Crippen LogP contribution in [-0.4, -0.2) is 53.9 Å². The van der Waals surface area contributed by atoms with Crippen LogP contribution in [0.5, 0.6) is 0 Å². The van der Waals surface area contributed by atoms with Crippen molar-refractivity contribution in [2.24, 2.45) is 0 Å². The van der Waals surface area contributed by atoms with E-state index in [0.29, 0.717) is 28.7 Å². The minimum absolute atomic E-state index is 0.0141. The van der Waals surface area contributed by atoms with Crippen LogP contribution in [0.2, 0.25) is 5.02 Å². The summed E-state index contributed by atoms with van der Waals surface area (Å²) in [6, 6.07) is 3.35. The summed E-state index contributed by atoms with van der Waals surface area (Å²) in [4.78, 5) is 29.5. The Balaban J connectivity index is 2.19. The van der Waals surface area contributed by atoms with Crippen molar-refractivity contribution in [1.82, 2.24) is 9.97 Å². The second-order valence-corrected chi connectivity index (χ2v) is 8.39. The number of aliphatic hydroxyl groups excluding tert-OH is 1. The average Bonchev–Trinajstić information content (AvgIpc) is 2.74. The molecule has 3 aromatic rings. The second kappa shape index (κ2) is 10.6. The number of halogens is 3. The SMILES string of the molecule is COCCO[C@@H](CO)CSc1c(-c2cc(Cl)c(F)cc2F)c(C)cc2c(=O)[nH]c(=O)[nH]c12. The number of H-pyrrole nitrogens is 2. The molecule has 0 aliphatic heterocycles. The van der Waals surface area contributed by atoms with E-state index in [9.17, 15) is 23.5 Å². The number of aryl methyl sites for hydroxylation is 1. The van der Waals surface area contributed by atoms with Crippen LogP contribution in [0.4, 0.5) is 8.78 Å². The molecule has 1 aromatic heterocycles. The Kier molecular flexibility index (Phi) is 8.07. The Morgan fingerprint density at radius 3 is 2.59 bits per heavy atom. The Labute approximate surface area is 190 Å². The van der Waals surface area contributed by atoms with Gasteiger partial charge in [0.15, 0.2) is 0 Å². The summed E-state index contributed by atoms with van der Waals surface area (Å²) in [7, 11) is 1.52. The number of thioether (sulfide) groups is 1. The van der Waals surface area contributed by atoms with Gasteiger partial charge in [0.1, 0.15) is 11.6 Å². The van der Waals surface area contributed by atoms with Crippen molar-refractivity contribution in [2.45, 2.75) is 17.9 Å². The van der Waals surface area contributed by atoms with E-state index in [1.165, 1.54) is 13.2 Å². The highest BCUT2D eigenvalue weighted by Gasteiger charge is 2.22. The summed E-state index contributed by atoms with van der Waals surface area (Å²) in [5.41, 5.74) is -0.269. The average molecular weight is 487 g/mol. The molecule has 11 heteroatoms. The van der Waals surface area contributed by atoms with Gasteiger partial charge in [0, 0.05) is 35.0 Å². The van der Waals surface area contributed by atoms with E-state index in [-0.39, 0.29) is 40.5 Å². The van der Waals surface area contributed by atoms with Gasteiger partial charge in [-0.3, -0.25) is 9.78 Å². The molecule has 0 fully saturated rings. The molecule has 1 atom stereocenters. The third kappa shape index (κ3) is 5.21. The third-order valence-electron chi connectivity index (χ3n) is 4.73. The number of aliphatic hydroxyl groups is 1. The Hall–Kier alpha value is -2.24. The lowest BCUT2D eigenvalue weighted by molar-refractivity contribution is 0.00140. The van der Waals surface area contributed by atoms with E-state index >= 15 is 0 Å². The van der Waals surface area contributed by atoms with Crippen molar-refractivity contribution in [2.75, 3.05) is 32.7 Å². The second-order valence-electron chi connectivity index (χ2n) is 6.95. The van der Waals surface area contributed by atoms with Crippen LogP contribution in [0.3, 0.4) is 0 Å². The van der Waals surface area contributed by atoms with Gasteiger partial charge in [-0.2, -0.15) is 0 Å². The van der Waals surface area contributed by atoms with Gasteiger partial charge in [-0.25, -0.2) is 13.6 Å². The number of fused-ring (bicyclic) bond motifs is 1. The van der Waals surface area contributed by atoms with E-state index in [0.717, 1.165) is 17.8 Å². The van der Waals surface area contributed by atoms with Crippen molar-refractivity contribution in [3.8, 4) is 11.1 Å². The first-order valence-electron chi connectivity index (χ1n) is 9.55. The van der Waals surface area contributed by atoms with Crippen molar-refractivity contribution < 1.29 is 23.4 Å². The summed E-state index contributed by atoms with van der Waals surface area (Å²) in [6.45, 7) is 1.96. The van der Waals surface area contributed by atoms with Gasteiger partial charge < -0.3 is 19.6 Å². The molecule has 0 saturated heterocycles. The molecule has 2 aromatic carbocycles. The molecular weight excluding hydrogens is 466 g/mol. The Morgan fingerprint density at radius 2 is 1.91 bits per heavy atom. The minimum Gasteiger partial charge on any atom is -0.394 e. The fraction of sp³-hybridized carbons (Fsp3) is 0.333. The van der Waals surface area contributed by atoms with Crippen LogP contribution >= 0.6 is 23.4 Å². The number of rotatable bonds is 9. The lowest BCUT2D eigenvalue weighted by Gasteiger charge is -2.19. The van der Waals surface area contributed by atoms with E-state index in [1.807, 2.05) is 0 Å². The first-order chi connectivity index (χ1) is 15.3. The molecule has 3 N–H and O–H groups in total. The van der Waals surface area contributed by atoms with Gasteiger partial charge in [0.25, 0.3) is 5.56 Å². The smallest absolute Gasteiger partial charge is 0.326 e. The molecule has 0 radical (unpaired) electrons. The van der Waals surface area contributed by atoms with Crippen LogP contribution < -0.4 is 11.2 Å². The minimum atomic E-state index is -0.905. The van der Waals surface area contributed by atoms with Crippen LogP contribution in [0.15, 0.2) is 32.7 Å². The number of nitrogens with one attached hydrogen (secondary N) is 2. The van der Waals surface area contributed by atoms with Crippen molar-refractivity contribution in [3.63, 3.8) is 0 Å². The zero-order chi connectivity index (χ0) is 23.4. The van der Waals surface area contributed by atoms with Crippen molar-refractivity contribution >= 4 is 34.3 Å². The largest absolute Gasteiger partial charge is 0.394 e. The summed E-state index contributed by atoms with van der Waals surface area (Å²) < 4.78 is 39.0. The lowest BCUT2D eigenvalue weighted by atomic mass is 9.98. The summed E-state index contributed by atoms with van der Waals surface area (Å²) in [5.74, 6) is -1.53. The first-order valence-corrected chi connectivity index (χ1v) is 10.9. The van der Waals surface area contributed by atoms with Crippen molar-refractivity contribution in [3.05, 3.63) is 61.3 Å². The molecule has 172 valence electrons. The zero-order valence-corrected chi connectivity index (χ0v) is 18.8. The number of ether oxygens (including phenoxy) is 2. The summed E-state index contributed by atoms with van der Waals surface area (Å²) in [5, 5.41) is 9.57. The van der Waals surface area contributed by atoms with Crippen LogP contribution in [0.1, 0.15) is 5.56 Å². The highest BCUT2D eigenvalue weighted by Crippen LogP contribution is 2.41. The summed E-state index contributed by atoms with van der Waals surface area (Å²) in [6.07, 6.45) is -0.589. The van der Waals surface area contributed by atoms with Crippen LogP contribution in [0, 0.1) is 18.6 Å². The number of hydrogen-bond acceptors (Lipinski definition) is 6. The standard InChI is InChI=1S/C21H21ClF2N2O5S/c1-10-5-13-18(25-21(29)26-20(13)28)19(32-9-11(8-27)31-4-3-30-2)17(10)12-6-14(22)16(24)7-15(12)23/h5-7,11,27H,3-4,8-9H2,1-2H3,(H2,25,26,28,29)/t11-/m0/s1. The molecule has 1 heterocycles. The van der Waals surface area contributed by atoms with Crippen LogP contribution in [-0.2, 0) is 9.47 Å². The third-order valence-corrected chi connectivity index (χ3v) is 6.25. The Bertz CT molecular complexity index is 1250. The highest BCUT2D eigenvalue weighted by atomic mass is 35.5. The first kappa shape index (κ1) is 24.4. The van der Waals surface area contributed by atoms with E-state index in [4.69, 9.17) is 21.1 Å². The fourth-order valence-corrected chi connectivity index (χ4v) is 4.67. The molecule has 3 rings (SSSR count). The Morgan fingerprint density at radius 1 is 1.16 bits per heavy atom. The topological polar surface area (TPSA) is 104 Å². The summed E-state index contributed by atoms with van der Waals surface area (Å²) >= 11 is 7.06. The molecule has 0 bridgehead atoms. The number of hydrogen-bond donors (Lipinski definition) is 3. The quantitative estimate of drug-likeness (QED) is 0.244. The van der Waals surface area contributed by atoms with Gasteiger partial charge in [0.05, 0.1) is 41.9 Å². The maximum Gasteiger partial charge on any atom is 0.326 e. The molecule has 0 unspecified atom stereocenters. The molecule has 0 aliphatic carbocycles. The molecule has 7 nitrogen and oxygen atoms in total. The normalized spacial score (nSPS) is 12.4. The van der Waals surface area contributed by atoms with Gasteiger partial charge in [0.2, 0.25) is 0 Å². The zero-order valence-electron chi connectivity index (χ0n) is 17.3. The van der Waals surface area contributed by atoms with Gasteiger partial charge >= 0.3 is 5.69 Å². The highest BCUT2D eigenvalue weighted by molar-refractivity contribution is 7.99. The predicted molar refractivity (Wildman–Crippen MR) is 120 cm³/mol. The maximum atomic E-state index is 14.8. The molecule has 0 spiro atoms. The molecular formula is C21H21ClF2N2O5S.